The summed E-state index contributed by atoms with van der Waals surface area (Å²) >= 11 is 0. The lowest BCUT2D eigenvalue weighted by Crippen LogP contribution is -2.24. The zero-order valence-electron chi connectivity index (χ0n) is 10.4. The number of nitrogens with one attached hydrogen (secondary N) is 1. The Bertz CT molecular complexity index is 778. The Kier molecular flexibility index (Phi) is 3.78. The van der Waals surface area contributed by atoms with E-state index in [0.29, 0.717) is 5.82 Å². The summed E-state index contributed by atoms with van der Waals surface area (Å²) in [5.41, 5.74) is -0.327. The van der Waals surface area contributed by atoms with E-state index in [-0.39, 0.29) is 17.0 Å². The Morgan fingerprint density at radius 2 is 2.25 bits per heavy atom. The molecular weight excluding hydrogens is 285 g/mol. The van der Waals surface area contributed by atoms with Crippen LogP contribution in [0.15, 0.2) is 29.4 Å². The number of hydrogen-bond donors (Lipinski definition) is 1. The van der Waals surface area contributed by atoms with Crippen molar-refractivity contribution in [1.82, 2.24) is 19.5 Å². The summed E-state index contributed by atoms with van der Waals surface area (Å²) in [7, 11) is -2.18. The highest BCUT2D eigenvalue weighted by molar-refractivity contribution is 7.89. The third kappa shape index (κ3) is 2.81. The molecule has 1 N–H and O–H groups in total. The van der Waals surface area contributed by atoms with Crippen LogP contribution in [0, 0.1) is 17.1 Å². The minimum absolute atomic E-state index is 0.0574. The predicted molar refractivity (Wildman–Crippen MR) is 66.1 cm³/mol. The van der Waals surface area contributed by atoms with Gasteiger partial charge in [0.15, 0.2) is 0 Å². The molecule has 0 aliphatic carbocycles. The molecule has 104 valence electrons. The van der Waals surface area contributed by atoms with Gasteiger partial charge in [-0.15, -0.1) is 10.2 Å². The first-order valence-electron chi connectivity index (χ1n) is 5.46. The number of aryl methyl sites for hydroxylation is 1. The van der Waals surface area contributed by atoms with Crippen molar-refractivity contribution in [3.8, 4) is 6.07 Å². The molecule has 0 unspecified atom stereocenters. The maximum atomic E-state index is 13.2. The molecule has 0 saturated carbocycles. The van der Waals surface area contributed by atoms with E-state index in [4.69, 9.17) is 5.26 Å². The third-order valence-electron chi connectivity index (χ3n) is 2.59. The summed E-state index contributed by atoms with van der Waals surface area (Å²) < 4.78 is 41.1. The van der Waals surface area contributed by atoms with Crippen LogP contribution in [0.1, 0.15) is 11.4 Å². The van der Waals surface area contributed by atoms with Crippen molar-refractivity contribution in [3.05, 3.63) is 41.7 Å². The standard InChI is InChI=1S/C11H10FN5O2S/c1-17-7-14-16-11(17)6-15-20(18,19)9-2-3-10(12)8(4-9)5-13/h2-4,7,15H,6H2,1H3. The fraction of sp³-hybridized carbons (Fsp3) is 0.182. The Morgan fingerprint density at radius 1 is 1.50 bits per heavy atom. The number of nitriles is 1. The summed E-state index contributed by atoms with van der Waals surface area (Å²) in [5.74, 6) is -0.337. The van der Waals surface area contributed by atoms with E-state index in [9.17, 15) is 12.8 Å². The van der Waals surface area contributed by atoms with Crippen LogP contribution < -0.4 is 4.72 Å². The highest BCUT2D eigenvalue weighted by Gasteiger charge is 2.17. The summed E-state index contributed by atoms with van der Waals surface area (Å²) in [6.07, 6.45) is 1.44. The maximum absolute atomic E-state index is 13.2. The first-order valence-corrected chi connectivity index (χ1v) is 6.94. The lowest BCUT2D eigenvalue weighted by Gasteiger charge is -2.06. The summed E-state index contributed by atoms with van der Waals surface area (Å²) in [6.45, 7) is -0.0574. The van der Waals surface area contributed by atoms with Crippen molar-refractivity contribution < 1.29 is 12.8 Å². The van der Waals surface area contributed by atoms with E-state index in [2.05, 4.69) is 14.9 Å². The first kappa shape index (κ1) is 14.1. The average molecular weight is 295 g/mol. The number of sulfonamides is 1. The molecule has 2 rings (SSSR count). The van der Waals surface area contributed by atoms with Crippen LogP contribution in [0.3, 0.4) is 0 Å². The Morgan fingerprint density at radius 3 is 2.85 bits per heavy atom. The summed E-state index contributed by atoms with van der Waals surface area (Å²) in [4.78, 5) is -0.183. The van der Waals surface area contributed by atoms with Crippen molar-refractivity contribution in [3.63, 3.8) is 0 Å². The molecule has 7 nitrogen and oxygen atoms in total. The molecule has 2 aromatic rings. The van der Waals surface area contributed by atoms with E-state index < -0.39 is 15.8 Å². The molecule has 0 amide bonds. The Hall–Kier alpha value is -2.31. The van der Waals surface area contributed by atoms with Gasteiger partial charge in [-0.2, -0.15) is 5.26 Å². The van der Waals surface area contributed by atoms with Crippen molar-refractivity contribution in [2.45, 2.75) is 11.4 Å². The van der Waals surface area contributed by atoms with Gasteiger partial charge in [0.2, 0.25) is 10.0 Å². The molecule has 20 heavy (non-hydrogen) atoms. The Balaban J connectivity index is 2.23. The quantitative estimate of drug-likeness (QED) is 0.874. The molecule has 1 heterocycles. The third-order valence-corrected chi connectivity index (χ3v) is 3.99. The molecule has 0 aliphatic heterocycles. The lowest BCUT2D eigenvalue weighted by atomic mass is 10.2. The molecule has 1 aromatic carbocycles. The first-order chi connectivity index (χ1) is 9.44. The van der Waals surface area contributed by atoms with Gasteiger partial charge in [-0.25, -0.2) is 17.5 Å². The van der Waals surface area contributed by atoms with E-state index in [1.54, 1.807) is 17.7 Å². The van der Waals surface area contributed by atoms with Gasteiger partial charge in [0.1, 0.15) is 24.0 Å². The normalized spacial score (nSPS) is 11.2. The van der Waals surface area contributed by atoms with Crippen LogP contribution >= 0.6 is 0 Å². The van der Waals surface area contributed by atoms with Gasteiger partial charge in [0, 0.05) is 7.05 Å². The molecule has 0 saturated heterocycles. The molecule has 0 fully saturated rings. The second-order valence-corrected chi connectivity index (χ2v) is 5.70. The van der Waals surface area contributed by atoms with E-state index in [1.807, 2.05) is 0 Å². The van der Waals surface area contributed by atoms with Gasteiger partial charge >= 0.3 is 0 Å². The molecule has 0 radical (unpaired) electrons. The van der Waals surface area contributed by atoms with Crippen LogP contribution in [-0.4, -0.2) is 23.2 Å². The molecule has 1 aromatic heterocycles. The molecular formula is C11H10FN5O2S. The van der Waals surface area contributed by atoms with Crippen molar-refractivity contribution >= 4 is 10.0 Å². The predicted octanol–water partition coefficient (Wildman–Crippen LogP) is 0.304. The van der Waals surface area contributed by atoms with Crippen LogP contribution in [0.5, 0.6) is 0 Å². The number of rotatable bonds is 4. The summed E-state index contributed by atoms with van der Waals surface area (Å²) in [6, 6.07) is 4.61. The number of hydrogen-bond acceptors (Lipinski definition) is 5. The van der Waals surface area contributed by atoms with Crippen molar-refractivity contribution in [2.75, 3.05) is 0 Å². The molecule has 0 atom stereocenters. The SMILES string of the molecule is Cn1cnnc1CNS(=O)(=O)c1ccc(F)c(C#N)c1. The van der Waals surface area contributed by atoms with Gasteiger partial charge in [0.25, 0.3) is 0 Å². The van der Waals surface area contributed by atoms with Crippen LogP contribution in [0.4, 0.5) is 4.39 Å². The molecule has 0 bridgehead atoms. The largest absolute Gasteiger partial charge is 0.320 e. The van der Waals surface area contributed by atoms with E-state index >= 15 is 0 Å². The van der Waals surface area contributed by atoms with Crippen LogP contribution in [0.2, 0.25) is 0 Å². The van der Waals surface area contributed by atoms with Gasteiger partial charge in [-0.3, -0.25) is 0 Å². The van der Waals surface area contributed by atoms with Gasteiger partial charge in [0.05, 0.1) is 17.0 Å². The van der Waals surface area contributed by atoms with Crippen LogP contribution in [-0.2, 0) is 23.6 Å². The fourth-order valence-corrected chi connectivity index (χ4v) is 2.47. The number of nitrogens with zero attached hydrogens (tertiary/aromatic N) is 4. The fourth-order valence-electron chi connectivity index (χ4n) is 1.47. The topological polar surface area (TPSA) is 101 Å². The van der Waals surface area contributed by atoms with Crippen LogP contribution in [0.25, 0.3) is 0 Å². The monoisotopic (exact) mass is 295 g/mol. The smallest absolute Gasteiger partial charge is 0.241 e. The second-order valence-electron chi connectivity index (χ2n) is 3.94. The van der Waals surface area contributed by atoms with E-state index in [1.165, 1.54) is 6.33 Å². The van der Waals surface area contributed by atoms with E-state index in [0.717, 1.165) is 18.2 Å². The highest BCUT2D eigenvalue weighted by Crippen LogP contribution is 2.14. The number of aromatic nitrogens is 3. The minimum atomic E-state index is -3.85. The van der Waals surface area contributed by atoms with Crippen molar-refractivity contribution in [2.24, 2.45) is 7.05 Å². The number of halogens is 1. The Labute approximate surface area is 114 Å². The number of benzene rings is 1. The summed E-state index contributed by atoms with van der Waals surface area (Å²) in [5, 5.41) is 16.1. The minimum Gasteiger partial charge on any atom is -0.320 e. The average Bonchev–Trinajstić information content (AvgIpc) is 2.82. The zero-order valence-corrected chi connectivity index (χ0v) is 11.2. The van der Waals surface area contributed by atoms with Gasteiger partial charge in [-0.05, 0) is 18.2 Å². The maximum Gasteiger partial charge on any atom is 0.241 e. The van der Waals surface area contributed by atoms with Gasteiger partial charge < -0.3 is 4.57 Å². The molecule has 9 heteroatoms. The molecule has 0 spiro atoms. The molecule has 0 aliphatic rings. The lowest BCUT2D eigenvalue weighted by molar-refractivity contribution is 0.576. The van der Waals surface area contributed by atoms with Gasteiger partial charge in [-0.1, -0.05) is 0 Å². The second kappa shape index (κ2) is 5.36. The van der Waals surface area contributed by atoms with Crippen molar-refractivity contribution in [1.29, 1.82) is 5.26 Å². The highest BCUT2D eigenvalue weighted by atomic mass is 32.2. The zero-order chi connectivity index (χ0) is 14.8.